The minimum atomic E-state index is -0.470. The lowest BCUT2D eigenvalue weighted by molar-refractivity contribution is 0.0946. The van der Waals surface area contributed by atoms with Crippen LogP contribution in [0.15, 0.2) is 6.20 Å². The molecule has 0 aliphatic carbocycles. The Kier molecular flexibility index (Phi) is 4.45. The number of imidazole rings is 1. The van der Waals surface area contributed by atoms with Gasteiger partial charge in [0.2, 0.25) is 5.78 Å². The molecular formula is C10H18N4O. The van der Waals surface area contributed by atoms with Gasteiger partial charge >= 0.3 is 0 Å². The predicted molar refractivity (Wildman–Crippen MR) is 58.5 cm³/mol. The van der Waals surface area contributed by atoms with Crippen LogP contribution in [0.5, 0.6) is 0 Å². The molecule has 1 unspecified atom stereocenters. The van der Waals surface area contributed by atoms with Gasteiger partial charge in [-0.15, -0.1) is 0 Å². The zero-order chi connectivity index (χ0) is 11.3. The van der Waals surface area contributed by atoms with Crippen LogP contribution in [0.2, 0.25) is 0 Å². The summed E-state index contributed by atoms with van der Waals surface area (Å²) >= 11 is 0. The van der Waals surface area contributed by atoms with Crippen molar-refractivity contribution < 1.29 is 4.79 Å². The highest BCUT2D eigenvalue weighted by molar-refractivity contribution is 5.96. The molecule has 5 heteroatoms. The van der Waals surface area contributed by atoms with E-state index in [9.17, 15) is 4.79 Å². The van der Waals surface area contributed by atoms with Gasteiger partial charge in [0.05, 0.1) is 6.04 Å². The lowest BCUT2D eigenvalue weighted by Gasteiger charge is -2.07. The predicted octanol–water partition coefficient (Wildman–Crippen LogP) is 0.357. The molecule has 1 aromatic rings. The van der Waals surface area contributed by atoms with E-state index in [2.05, 4.69) is 9.97 Å². The number of Topliss-reactive ketones (excluding diaryl/α,β-unsaturated/α-hetero) is 1. The SMILES string of the molecule is Cc1cnc(C(=O)C(N)CCCCN)[nH]1. The van der Waals surface area contributed by atoms with Crippen molar-refractivity contribution in [3.63, 3.8) is 0 Å². The summed E-state index contributed by atoms with van der Waals surface area (Å²) in [5, 5.41) is 0. The number of nitrogens with two attached hydrogens (primary N) is 2. The first-order valence-electron chi connectivity index (χ1n) is 5.16. The highest BCUT2D eigenvalue weighted by atomic mass is 16.1. The molecule has 84 valence electrons. The standard InChI is InChI=1S/C10H18N4O/c1-7-6-13-10(14-7)9(15)8(12)4-2-3-5-11/h6,8H,2-5,11-12H2,1H3,(H,13,14). The number of H-pyrrole nitrogens is 1. The molecule has 1 aromatic heterocycles. The second-order valence-corrected chi connectivity index (χ2v) is 3.67. The third kappa shape index (κ3) is 3.45. The highest BCUT2D eigenvalue weighted by Crippen LogP contribution is 2.04. The summed E-state index contributed by atoms with van der Waals surface area (Å²) < 4.78 is 0. The summed E-state index contributed by atoms with van der Waals surface area (Å²) in [4.78, 5) is 18.5. The first-order chi connectivity index (χ1) is 7.15. The Hall–Kier alpha value is -1.20. The maximum atomic E-state index is 11.7. The summed E-state index contributed by atoms with van der Waals surface area (Å²) in [7, 11) is 0. The van der Waals surface area contributed by atoms with E-state index in [1.807, 2.05) is 6.92 Å². The van der Waals surface area contributed by atoms with Gasteiger partial charge in [0.15, 0.2) is 5.82 Å². The smallest absolute Gasteiger partial charge is 0.214 e. The second kappa shape index (κ2) is 5.63. The van der Waals surface area contributed by atoms with Crippen molar-refractivity contribution in [3.05, 3.63) is 17.7 Å². The molecule has 1 heterocycles. The summed E-state index contributed by atoms with van der Waals surface area (Å²) in [6.45, 7) is 2.49. The Morgan fingerprint density at radius 2 is 2.33 bits per heavy atom. The number of aromatic amines is 1. The van der Waals surface area contributed by atoms with Crippen molar-refractivity contribution in [2.45, 2.75) is 32.2 Å². The van der Waals surface area contributed by atoms with Crippen LogP contribution in [0.25, 0.3) is 0 Å². The van der Waals surface area contributed by atoms with Crippen molar-refractivity contribution in [1.82, 2.24) is 9.97 Å². The minimum Gasteiger partial charge on any atom is -0.340 e. The number of unbranched alkanes of at least 4 members (excludes halogenated alkanes) is 1. The Balaban J connectivity index is 2.46. The lowest BCUT2D eigenvalue weighted by atomic mass is 10.1. The topological polar surface area (TPSA) is 97.8 Å². The van der Waals surface area contributed by atoms with Gasteiger partial charge in [0.25, 0.3) is 0 Å². The summed E-state index contributed by atoms with van der Waals surface area (Å²) in [5.41, 5.74) is 12.0. The quantitative estimate of drug-likeness (QED) is 0.466. The van der Waals surface area contributed by atoms with E-state index in [4.69, 9.17) is 11.5 Å². The molecule has 0 saturated carbocycles. The zero-order valence-electron chi connectivity index (χ0n) is 8.99. The van der Waals surface area contributed by atoms with Crippen LogP contribution in [-0.4, -0.2) is 28.3 Å². The second-order valence-electron chi connectivity index (χ2n) is 3.67. The first kappa shape index (κ1) is 11.9. The van der Waals surface area contributed by atoms with Crippen LogP contribution in [0, 0.1) is 6.92 Å². The maximum Gasteiger partial charge on any atom is 0.214 e. The van der Waals surface area contributed by atoms with Crippen LogP contribution in [0.1, 0.15) is 35.6 Å². The fourth-order valence-electron chi connectivity index (χ4n) is 1.35. The van der Waals surface area contributed by atoms with Gasteiger partial charge in [-0.25, -0.2) is 4.98 Å². The number of hydrogen-bond acceptors (Lipinski definition) is 4. The number of carbonyl (C=O) groups is 1. The van der Waals surface area contributed by atoms with Gasteiger partial charge in [-0.2, -0.15) is 0 Å². The fraction of sp³-hybridized carbons (Fsp3) is 0.600. The molecule has 0 radical (unpaired) electrons. The Morgan fingerprint density at radius 1 is 1.60 bits per heavy atom. The van der Waals surface area contributed by atoms with Gasteiger partial charge in [-0.05, 0) is 26.3 Å². The van der Waals surface area contributed by atoms with E-state index in [-0.39, 0.29) is 5.78 Å². The maximum absolute atomic E-state index is 11.7. The van der Waals surface area contributed by atoms with E-state index in [0.717, 1.165) is 18.5 Å². The molecule has 0 aliphatic heterocycles. The summed E-state index contributed by atoms with van der Waals surface area (Å²) in [6.07, 6.45) is 4.07. The zero-order valence-corrected chi connectivity index (χ0v) is 8.99. The van der Waals surface area contributed by atoms with E-state index < -0.39 is 6.04 Å². The van der Waals surface area contributed by atoms with Gasteiger partial charge < -0.3 is 16.5 Å². The average molecular weight is 210 g/mol. The molecule has 0 spiro atoms. The first-order valence-corrected chi connectivity index (χ1v) is 5.16. The van der Waals surface area contributed by atoms with Gasteiger partial charge in [-0.3, -0.25) is 4.79 Å². The molecule has 5 N–H and O–H groups in total. The molecule has 0 fully saturated rings. The van der Waals surface area contributed by atoms with Crippen LogP contribution >= 0.6 is 0 Å². The summed E-state index contributed by atoms with van der Waals surface area (Å²) in [5.74, 6) is 0.230. The van der Waals surface area contributed by atoms with E-state index in [1.54, 1.807) is 6.20 Å². The number of aromatic nitrogens is 2. The van der Waals surface area contributed by atoms with Gasteiger partial charge in [-0.1, -0.05) is 6.42 Å². The number of ketones is 1. The van der Waals surface area contributed by atoms with Crippen LogP contribution in [0.3, 0.4) is 0 Å². The normalized spacial score (nSPS) is 12.7. The van der Waals surface area contributed by atoms with Crippen LogP contribution < -0.4 is 11.5 Å². The molecular weight excluding hydrogens is 192 g/mol. The number of nitrogens with one attached hydrogen (secondary N) is 1. The van der Waals surface area contributed by atoms with Crippen molar-refractivity contribution in [3.8, 4) is 0 Å². The van der Waals surface area contributed by atoms with Gasteiger partial charge in [0, 0.05) is 11.9 Å². The van der Waals surface area contributed by atoms with E-state index in [0.29, 0.717) is 18.8 Å². The molecule has 0 aliphatic rings. The van der Waals surface area contributed by atoms with Crippen molar-refractivity contribution in [2.75, 3.05) is 6.54 Å². The molecule has 1 atom stereocenters. The van der Waals surface area contributed by atoms with Crippen molar-refractivity contribution in [1.29, 1.82) is 0 Å². The van der Waals surface area contributed by atoms with Crippen LogP contribution in [-0.2, 0) is 0 Å². The monoisotopic (exact) mass is 210 g/mol. The number of nitrogens with zero attached hydrogens (tertiary/aromatic N) is 1. The molecule has 0 saturated heterocycles. The number of rotatable bonds is 6. The molecule has 15 heavy (non-hydrogen) atoms. The van der Waals surface area contributed by atoms with Crippen LogP contribution in [0.4, 0.5) is 0 Å². The van der Waals surface area contributed by atoms with E-state index in [1.165, 1.54) is 0 Å². The Bertz CT molecular complexity index is 321. The highest BCUT2D eigenvalue weighted by Gasteiger charge is 2.17. The third-order valence-corrected chi connectivity index (χ3v) is 2.24. The fourth-order valence-corrected chi connectivity index (χ4v) is 1.35. The average Bonchev–Trinajstić information content (AvgIpc) is 2.64. The van der Waals surface area contributed by atoms with Gasteiger partial charge in [0.1, 0.15) is 0 Å². The summed E-state index contributed by atoms with van der Waals surface area (Å²) in [6, 6.07) is -0.470. The minimum absolute atomic E-state index is 0.125. The Morgan fingerprint density at radius 3 is 2.87 bits per heavy atom. The molecule has 0 amide bonds. The lowest BCUT2D eigenvalue weighted by Crippen LogP contribution is -2.31. The van der Waals surface area contributed by atoms with E-state index >= 15 is 0 Å². The molecule has 0 aromatic carbocycles. The number of hydrogen-bond donors (Lipinski definition) is 3. The molecule has 0 bridgehead atoms. The largest absolute Gasteiger partial charge is 0.340 e. The van der Waals surface area contributed by atoms with Crippen molar-refractivity contribution in [2.24, 2.45) is 11.5 Å². The third-order valence-electron chi connectivity index (χ3n) is 2.24. The number of carbonyl (C=O) groups excluding carboxylic acids is 1. The molecule has 5 nitrogen and oxygen atoms in total. The Labute approximate surface area is 89.3 Å². The van der Waals surface area contributed by atoms with Crippen molar-refractivity contribution >= 4 is 5.78 Å². The molecule has 1 rings (SSSR count). The number of aryl methyl sites for hydroxylation is 1.